The maximum Gasteiger partial charge on any atom is 0.394 e. The molecule has 14 heavy (non-hydrogen) atoms. The number of nitrogens with zero attached hydrogens (tertiary/aromatic N) is 1. The van der Waals surface area contributed by atoms with Gasteiger partial charge in [-0.25, -0.2) is 4.98 Å². The highest BCUT2D eigenvalue weighted by molar-refractivity contribution is 7.53. The fourth-order valence-electron chi connectivity index (χ4n) is 0.785. The van der Waals surface area contributed by atoms with Crippen LogP contribution in [0, 0.1) is 0 Å². The number of halogens is 2. The van der Waals surface area contributed by atoms with Crippen LogP contribution in [0.2, 0.25) is 0 Å². The second-order valence-corrected chi connectivity index (χ2v) is 5.15. The summed E-state index contributed by atoms with van der Waals surface area (Å²) in [5.74, 6) is 0. The molecule has 1 rings (SSSR count). The summed E-state index contributed by atoms with van der Waals surface area (Å²) < 4.78 is 35.8. The lowest BCUT2D eigenvalue weighted by Gasteiger charge is -2.16. The third kappa shape index (κ3) is 2.81. The standard InChI is InChI=1S/C6H8F2NO3PS/c7-6(8,13(10,11)12)2-1-5-3-14-4-9-5/h3-4H,1-2H2,(H2,10,11,12). The van der Waals surface area contributed by atoms with Gasteiger partial charge in [-0.2, -0.15) is 8.78 Å². The van der Waals surface area contributed by atoms with Gasteiger partial charge in [0.15, 0.2) is 0 Å². The summed E-state index contributed by atoms with van der Waals surface area (Å²) in [6.07, 6.45) is -1.03. The maximum absolute atomic E-state index is 12.7. The SMILES string of the molecule is O=P(O)(O)C(F)(F)CCc1cscn1. The fourth-order valence-corrected chi connectivity index (χ4v) is 1.78. The van der Waals surface area contributed by atoms with Crippen LogP contribution in [0.15, 0.2) is 10.9 Å². The molecular weight excluding hydrogens is 235 g/mol. The third-order valence-corrected chi connectivity index (χ3v) is 3.30. The Morgan fingerprint density at radius 1 is 1.57 bits per heavy atom. The molecule has 8 heteroatoms. The van der Waals surface area contributed by atoms with Gasteiger partial charge in [-0.05, 0) is 6.42 Å². The van der Waals surface area contributed by atoms with E-state index >= 15 is 0 Å². The summed E-state index contributed by atoms with van der Waals surface area (Å²) in [4.78, 5) is 20.4. The predicted octanol–water partition coefficient (Wildman–Crippen LogP) is 1.85. The Morgan fingerprint density at radius 3 is 2.64 bits per heavy atom. The van der Waals surface area contributed by atoms with Gasteiger partial charge in [-0.1, -0.05) is 0 Å². The first-order valence-electron chi connectivity index (χ1n) is 3.63. The molecule has 2 N–H and O–H groups in total. The van der Waals surface area contributed by atoms with Crippen molar-refractivity contribution in [2.45, 2.75) is 18.5 Å². The zero-order chi connectivity index (χ0) is 10.8. The molecule has 0 bridgehead atoms. The fraction of sp³-hybridized carbons (Fsp3) is 0.500. The van der Waals surface area contributed by atoms with Crippen molar-refractivity contribution in [2.24, 2.45) is 0 Å². The minimum atomic E-state index is -5.34. The molecule has 0 atom stereocenters. The van der Waals surface area contributed by atoms with Crippen molar-refractivity contribution in [1.29, 1.82) is 0 Å². The summed E-state index contributed by atoms with van der Waals surface area (Å²) >= 11 is 1.25. The number of alkyl halides is 2. The van der Waals surface area contributed by atoms with E-state index in [1.54, 1.807) is 5.38 Å². The zero-order valence-electron chi connectivity index (χ0n) is 6.93. The number of hydrogen-bond donors (Lipinski definition) is 2. The maximum atomic E-state index is 12.7. The molecule has 1 aromatic rings. The van der Waals surface area contributed by atoms with Crippen molar-refractivity contribution in [3.05, 3.63) is 16.6 Å². The van der Waals surface area contributed by atoms with Crippen LogP contribution in [0.5, 0.6) is 0 Å². The van der Waals surface area contributed by atoms with E-state index in [2.05, 4.69) is 4.98 Å². The lowest BCUT2D eigenvalue weighted by molar-refractivity contribution is 0.0505. The van der Waals surface area contributed by atoms with E-state index in [9.17, 15) is 13.3 Å². The van der Waals surface area contributed by atoms with Crippen molar-refractivity contribution < 1.29 is 23.1 Å². The minimum absolute atomic E-state index is 0.137. The van der Waals surface area contributed by atoms with E-state index in [4.69, 9.17) is 9.79 Å². The first kappa shape index (κ1) is 11.7. The van der Waals surface area contributed by atoms with Crippen LogP contribution in [-0.4, -0.2) is 20.4 Å². The molecule has 0 aliphatic carbocycles. The Hall–Kier alpha value is -0.360. The predicted molar refractivity (Wildman–Crippen MR) is 47.4 cm³/mol. The average molecular weight is 243 g/mol. The monoisotopic (exact) mass is 243 g/mol. The van der Waals surface area contributed by atoms with Gasteiger partial charge in [0.2, 0.25) is 0 Å². The van der Waals surface area contributed by atoms with E-state index in [0.717, 1.165) is 0 Å². The van der Waals surface area contributed by atoms with Crippen LogP contribution >= 0.6 is 18.9 Å². The Kier molecular flexibility index (Phi) is 3.36. The molecular formula is C6H8F2NO3PS. The van der Waals surface area contributed by atoms with Crippen LogP contribution in [0.1, 0.15) is 12.1 Å². The first-order valence-corrected chi connectivity index (χ1v) is 6.19. The summed E-state index contributed by atoms with van der Waals surface area (Å²) in [6.45, 7) is 0. The Morgan fingerprint density at radius 2 is 2.21 bits per heavy atom. The summed E-state index contributed by atoms with van der Waals surface area (Å²) in [7, 11) is -5.34. The van der Waals surface area contributed by atoms with Crippen LogP contribution < -0.4 is 0 Å². The summed E-state index contributed by atoms with van der Waals surface area (Å²) in [5.41, 5.74) is -2.06. The third-order valence-electron chi connectivity index (χ3n) is 1.59. The topological polar surface area (TPSA) is 70.4 Å². The van der Waals surface area contributed by atoms with E-state index in [-0.39, 0.29) is 6.42 Å². The highest BCUT2D eigenvalue weighted by Gasteiger charge is 2.47. The second-order valence-electron chi connectivity index (χ2n) is 2.69. The van der Waals surface area contributed by atoms with Crippen molar-refractivity contribution in [1.82, 2.24) is 4.98 Å². The van der Waals surface area contributed by atoms with Crippen LogP contribution in [0.4, 0.5) is 8.78 Å². The van der Waals surface area contributed by atoms with Crippen molar-refractivity contribution in [3.63, 3.8) is 0 Å². The van der Waals surface area contributed by atoms with Crippen molar-refractivity contribution in [3.8, 4) is 0 Å². The minimum Gasteiger partial charge on any atom is -0.320 e. The smallest absolute Gasteiger partial charge is 0.320 e. The van der Waals surface area contributed by atoms with Gasteiger partial charge in [-0.15, -0.1) is 11.3 Å². The van der Waals surface area contributed by atoms with Crippen LogP contribution in [0.25, 0.3) is 0 Å². The van der Waals surface area contributed by atoms with E-state index in [1.165, 1.54) is 16.8 Å². The van der Waals surface area contributed by atoms with E-state index in [0.29, 0.717) is 5.69 Å². The molecule has 0 radical (unpaired) electrons. The summed E-state index contributed by atoms with van der Waals surface area (Å²) in [6, 6.07) is 0. The molecule has 1 heterocycles. The quantitative estimate of drug-likeness (QED) is 0.791. The molecule has 0 amide bonds. The van der Waals surface area contributed by atoms with Crippen molar-refractivity contribution >= 4 is 18.9 Å². The molecule has 0 fully saturated rings. The van der Waals surface area contributed by atoms with Gasteiger partial charge in [0.05, 0.1) is 11.2 Å². The Balaban J connectivity index is 2.57. The molecule has 80 valence electrons. The number of aryl methyl sites for hydroxylation is 1. The number of thiazole rings is 1. The highest BCUT2D eigenvalue weighted by atomic mass is 32.1. The number of hydrogen-bond acceptors (Lipinski definition) is 3. The Bertz CT molecular complexity index is 337. The number of aromatic nitrogens is 1. The Labute approximate surface area is 82.8 Å². The highest BCUT2D eigenvalue weighted by Crippen LogP contribution is 2.54. The average Bonchev–Trinajstić information content (AvgIpc) is 2.50. The first-order chi connectivity index (χ1) is 6.33. The molecule has 0 spiro atoms. The number of rotatable bonds is 4. The van der Waals surface area contributed by atoms with Crippen molar-refractivity contribution in [2.75, 3.05) is 0 Å². The van der Waals surface area contributed by atoms with Gasteiger partial charge < -0.3 is 9.79 Å². The van der Waals surface area contributed by atoms with Gasteiger partial charge >= 0.3 is 13.3 Å². The lowest BCUT2D eigenvalue weighted by atomic mass is 10.2. The molecule has 0 aliphatic heterocycles. The molecule has 0 aromatic carbocycles. The largest absolute Gasteiger partial charge is 0.394 e. The van der Waals surface area contributed by atoms with Crippen LogP contribution in [0.3, 0.4) is 0 Å². The molecule has 0 saturated heterocycles. The lowest BCUT2D eigenvalue weighted by Crippen LogP contribution is -2.17. The normalized spacial score (nSPS) is 13.1. The summed E-state index contributed by atoms with van der Waals surface area (Å²) in [5, 5.41) is 1.57. The van der Waals surface area contributed by atoms with Gasteiger partial charge in [0.1, 0.15) is 0 Å². The van der Waals surface area contributed by atoms with E-state index < -0.39 is 19.7 Å². The van der Waals surface area contributed by atoms with Gasteiger partial charge in [-0.3, -0.25) is 4.57 Å². The molecule has 4 nitrogen and oxygen atoms in total. The second kappa shape index (κ2) is 4.02. The molecule has 0 unspecified atom stereocenters. The van der Waals surface area contributed by atoms with Gasteiger partial charge in [0.25, 0.3) is 0 Å². The molecule has 0 aliphatic rings. The molecule has 0 saturated carbocycles. The van der Waals surface area contributed by atoms with Crippen LogP contribution in [-0.2, 0) is 11.0 Å². The van der Waals surface area contributed by atoms with E-state index in [1.807, 2.05) is 0 Å². The zero-order valence-corrected chi connectivity index (χ0v) is 8.64. The molecule has 1 aromatic heterocycles. The van der Waals surface area contributed by atoms with Gasteiger partial charge in [0, 0.05) is 11.8 Å².